The van der Waals surface area contributed by atoms with Crippen LogP contribution in [0.2, 0.25) is 0 Å². The van der Waals surface area contributed by atoms with Gasteiger partial charge in [0.1, 0.15) is 17.5 Å². The number of H-pyrrole nitrogens is 1. The van der Waals surface area contributed by atoms with E-state index in [0.29, 0.717) is 64.4 Å². The number of anilines is 1. The van der Waals surface area contributed by atoms with Crippen molar-refractivity contribution in [3.63, 3.8) is 0 Å². The van der Waals surface area contributed by atoms with E-state index in [2.05, 4.69) is 15.3 Å². The number of aromatic amines is 1. The van der Waals surface area contributed by atoms with E-state index in [0.717, 1.165) is 12.6 Å². The van der Waals surface area contributed by atoms with Crippen LogP contribution in [0.5, 0.6) is 5.75 Å². The lowest BCUT2D eigenvalue weighted by molar-refractivity contribution is 0.115. The summed E-state index contributed by atoms with van der Waals surface area (Å²) in [5.74, 6) is -1.46. The number of methoxy groups -OCH3 is 1. The molecule has 2 aromatic heterocycles. The van der Waals surface area contributed by atoms with Gasteiger partial charge in [-0.15, -0.1) is 0 Å². The summed E-state index contributed by atoms with van der Waals surface area (Å²) in [6.07, 6.45) is 1.58. The number of aromatic nitrogens is 3. The summed E-state index contributed by atoms with van der Waals surface area (Å²) in [4.78, 5) is 14.4. The van der Waals surface area contributed by atoms with Gasteiger partial charge in [-0.25, -0.2) is 18.2 Å². The van der Waals surface area contributed by atoms with Gasteiger partial charge in [-0.2, -0.15) is 0 Å². The fourth-order valence-electron chi connectivity index (χ4n) is 5.05. The highest BCUT2D eigenvalue weighted by Crippen LogP contribution is 2.42. The van der Waals surface area contributed by atoms with Crippen molar-refractivity contribution in [3.05, 3.63) is 59.7 Å². The molecule has 0 saturated carbocycles. The fraction of sp³-hybridized carbons (Fsp3) is 0.333. The van der Waals surface area contributed by atoms with Gasteiger partial charge in [0, 0.05) is 49.1 Å². The molecule has 7 nitrogen and oxygen atoms in total. The summed E-state index contributed by atoms with van der Waals surface area (Å²) in [6, 6.07) is 6.07. The highest BCUT2D eigenvalue weighted by atomic mass is 19.1. The molecule has 2 aromatic carbocycles. The van der Waals surface area contributed by atoms with Crippen LogP contribution in [-0.4, -0.2) is 58.9 Å². The van der Waals surface area contributed by atoms with Crippen molar-refractivity contribution in [2.75, 3.05) is 31.6 Å². The fourth-order valence-corrected chi connectivity index (χ4v) is 5.05. The number of ether oxygens (including phenoxy) is 1. The van der Waals surface area contributed by atoms with Gasteiger partial charge in [-0.05, 0) is 37.6 Å². The molecule has 0 spiro atoms. The van der Waals surface area contributed by atoms with Crippen LogP contribution in [0.1, 0.15) is 19.0 Å². The molecule has 2 unspecified atom stereocenters. The van der Waals surface area contributed by atoms with Crippen LogP contribution in [0.3, 0.4) is 0 Å². The van der Waals surface area contributed by atoms with Crippen molar-refractivity contribution in [1.29, 1.82) is 0 Å². The number of nitrogens with one attached hydrogen (secondary N) is 2. The number of aryl methyl sites for hydroxylation is 1. The van der Waals surface area contributed by atoms with E-state index in [1.165, 1.54) is 31.4 Å². The van der Waals surface area contributed by atoms with E-state index < -0.39 is 23.6 Å². The van der Waals surface area contributed by atoms with E-state index in [1.54, 1.807) is 6.20 Å². The average molecular weight is 512 g/mol. The molecule has 2 atom stereocenters. The molecule has 10 heteroatoms. The van der Waals surface area contributed by atoms with Gasteiger partial charge in [-0.1, -0.05) is 6.92 Å². The Balaban J connectivity index is 1.72. The quantitative estimate of drug-likeness (QED) is 0.352. The number of β-amino-alcohol motifs (C(OH)–C–C–N with tert-alkyl or cyclic N) is 1. The average Bonchev–Trinajstić information content (AvgIpc) is 3.26. The first kappa shape index (κ1) is 25.0. The lowest BCUT2D eigenvalue weighted by atomic mass is 9.95. The Morgan fingerprint density at radius 2 is 1.92 bits per heavy atom. The molecule has 3 heterocycles. The first-order valence-electron chi connectivity index (χ1n) is 12.1. The minimum absolute atomic E-state index is 0.0654. The van der Waals surface area contributed by atoms with Crippen LogP contribution in [-0.2, 0) is 0 Å². The Hall–Kier alpha value is -3.63. The molecular formula is C27H28F3N5O2. The van der Waals surface area contributed by atoms with Gasteiger partial charge in [0.05, 0.1) is 41.2 Å². The molecule has 37 heavy (non-hydrogen) atoms. The van der Waals surface area contributed by atoms with Gasteiger partial charge < -0.3 is 25.0 Å². The van der Waals surface area contributed by atoms with Crippen molar-refractivity contribution >= 4 is 16.7 Å². The van der Waals surface area contributed by atoms with Crippen molar-refractivity contribution < 1.29 is 23.0 Å². The number of hydrogen-bond donors (Lipinski definition) is 3. The Bertz CT molecular complexity index is 1440. The summed E-state index contributed by atoms with van der Waals surface area (Å²) in [5, 5.41) is 14.2. The highest BCUT2D eigenvalue weighted by molar-refractivity contribution is 5.92. The molecule has 3 N–H and O–H groups in total. The zero-order valence-electron chi connectivity index (χ0n) is 20.8. The van der Waals surface area contributed by atoms with Crippen LogP contribution in [0.15, 0.2) is 36.5 Å². The maximum absolute atomic E-state index is 14.4. The van der Waals surface area contributed by atoms with Crippen molar-refractivity contribution in [3.8, 4) is 28.3 Å². The smallest absolute Gasteiger partial charge is 0.167 e. The standard InChI is InChI=1S/C27H28F3N5O2/c1-4-31-20-5-6-35(13-23(20)36)26-18(15-7-16(28)9-17(29)8-15)12-32-14(2)25(26)27-33-21-10-19(30)24(37-3)11-22(21)34-27/h7-12,20,23,31,36H,4-6,13H2,1-3H3,(H,33,34). The third-order valence-electron chi connectivity index (χ3n) is 6.77. The van der Waals surface area contributed by atoms with Gasteiger partial charge >= 0.3 is 0 Å². The second-order valence-corrected chi connectivity index (χ2v) is 9.19. The largest absolute Gasteiger partial charge is 0.494 e. The molecule has 1 fully saturated rings. The normalized spacial score (nSPS) is 18.0. The predicted octanol–water partition coefficient (Wildman–Crippen LogP) is 4.58. The third-order valence-corrected chi connectivity index (χ3v) is 6.77. The van der Waals surface area contributed by atoms with E-state index in [1.807, 2.05) is 18.7 Å². The number of rotatable bonds is 6. The van der Waals surface area contributed by atoms with Crippen LogP contribution < -0.4 is 15.0 Å². The van der Waals surface area contributed by atoms with Gasteiger partial charge in [-0.3, -0.25) is 4.98 Å². The Kier molecular flexibility index (Phi) is 6.78. The van der Waals surface area contributed by atoms with E-state index in [9.17, 15) is 18.3 Å². The molecular weight excluding hydrogens is 483 g/mol. The zero-order valence-corrected chi connectivity index (χ0v) is 20.8. The van der Waals surface area contributed by atoms with E-state index in [4.69, 9.17) is 9.72 Å². The van der Waals surface area contributed by atoms with Crippen LogP contribution in [0.25, 0.3) is 33.5 Å². The number of imidazole rings is 1. The number of aliphatic hydroxyl groups excluding tert-OH is 1. The number of hydrogen-bond acceptors (Lipinski definition) is 6. The number of benzene rings is 2. The van der Waals surface area contributed by atoms with Gasteiger partial charge in [0.2, 0.25) is 0 Å². The number of halogens is 3. The highest BCUT2D eigenvalue weighted by Gasteiger charge is 2.31. The topological polar surface area (TPSA) is 86.3 Å². The first-order valence-corrected chi connectivity index (χ1v) is 12.1. The van der Waals surface area contributed by atoms with Crippen LogP contribution in [0.4, 0.5) is 18.9 Å². The van der Waals surface area contributed by atoms with E-state index >= 15 is 0 Å². The van der Waals surface area contributed by atoms with Crippen molar-refractivity contribution in [1.82, 2.24) is 20.3 Å². The molecule has 0 bridgehead atoms. The molecule has 1 aliphatic heterocycles. The Labute approximate surface area is 212 Å². The van der Waals surface area contributed by atoms with Crippen molar-refractivity contribution in [2.45, 2.75) is 32.4 Å². The van der Waals surface area contributed by atoms with Gasteiger partial charge in [0.15, 0.2) is 11.6 Å². The SMILES string of the molecule is CCNC1CCN(c2c(-c3cc(F)cc(F)c3)cnc(C)c2-c2nc3cc(OC)c(F)cc3[nH]2)CC1O. The first-order chi connectivity index (χ1) is 17.8. The minimum Gasteiger partial charge on any atom is -0.494 e. The minimum atomic E-state index is -0.708. The van der Waals surface area contributed by atoms with E-state index in [-0.39, 0.29) is 11.8 Å². The zero-order chi connectivity index (χ0) is 26.3. The summed E-state index contributed by atoms with van der Waals surface area (Å²) >= 11 is 0. The maximum Gasteiger partial charge on any atom is 0.167 e. The third kappa shape index (κ3) is 4.74. The second kappa shape index (κ2) is 10.0. The monoisotopic (exact) mass is 511 g/mol. The molecule has 5 rings (SSSR count). The van der Waals surface area contributed by atoms with Crippen molar-refractivity contribution in [2.24, 2.45) is 0 Å². The van der Waals surface area contributed by atoms with Crippen LogP contribution >= 0.6 is 0 Å². The lowest BCUT2D eigenvalue weighted by Gasteiger charge is -2.39. The predicted molar refractivity (Wildman–Crippen MR) is 136 cm³/mol. The molecule has 0 radical (unpaired) electrons. The molecule has 0 aliphatic carbocycles. The Morgan fingerprint density at radius 1 is 1.16 bits per heavy atom. The summed E-state index contributed by atoms with van der Waals surface area (Å²) in [5.41, 5.74) is 3.62. The summed E-state index contributed by atoms with van der Waals surface area (Å²) < 4.78 is 48.0. The maximum atomic E-state index is 14.4. The van der Waals surface area contributed by atoms with Crippen LogP contribution in [0, 0.1) is 24.4 Å². The second-order valence-electron chi connectivity index (χ2n) is 9.19. The molecule has 0 amide bonds. The number of likely N-dealkylation sites (N-methyl/N-ethyl adjacent to an activating group) is 1. The number of aliphatic hydroxyl groups is 1. The molecule has 1 saturated heterocycles. The summed E-state index contributed by atoms with van der Waals surface area (Å²) in [6.45, 7) is 5.40. The number of piperidine rings is 1. The molecule has 194 valence electrons. The molecule has 4 aromatic rings. The van der Waals surface area contributed by atoms with Gasteiger partial charge in [0.25, 0.3) is 0 Å². The summed E-state index contributed by atoms with van der Waals surface area (Å²) in [7, 11) is 1.38. The number of fused-ring (bicyclic) bond motifs is 1. The number of pyridine rings is 1. The molecule has 1 aliphatic rings. The lowest BCUT2D eigenvalue weighted by Crippen LogP contribution is -2.53. The Morgan fingerprint density at radius 3 is 2.59 bits per heavy atom. The number of nitrogens with zero attached hydrogens (tertiary/aromatic N) is 3.